The monoisotopic (exact) mass is 268 g/mol. The second-order valence-electron chi connectivity index (χ2n) is 4.51. The van der Waals surface area contributed by atoms with Crippen LogP contribution in [0.2, 0.25) is 0 Å². The first-order valence-corrected chi connectivity index (χ1v) is 7.23. The maximum atomic E-state index is 13.5. The minimum absolute atomic E-state index is 0.0279. The summed E-state index contributed by atoms with van der Waals surface area (Å²) in [4.78, 5) is 11.8. The van der Waals surface area contributed by atoms with Crippen molar-refractivity contribution in [1.29, 1.82) is 0 Å². The van der Waals surface area contributed by atoms with E-state index in [2.05, 4.69) is 5.32 Å². The highest BCUT2D eigenvalue weighted by molar-refractivity contribution is 7.99. The number of halogens is 1. The number of anilines is 1. The highest BCUT2D eigenvalue weighted by Crippen LogP contribution is 2.22. The van der Waals surface area contributed by atoms with E-state index in [-0.39, 0.29) is 11.5 Å². The van der Waals surface area contributed by atoms with Gasteiger partial charge in [0.25, 0.3) is 5.91 Å². The van der Waals surface area contributed by atoms with Gasteiger partial charge in [0.1, 0.15) is 5.82 Å². The lowest BCUT2D eigenvalue weighted by Crippen LogP contribution is -2.31. The number of hydrogen-bond acceptors (Lipinski definition) is 3. The lowest BCUT2D eigenvalue weighted by molar-refractivity contribution is 0.0942. The lowest BCUT2D eigenvalue weighted by atomic mass is 10.0. The van der Waals surface area contributed by atoms with Crippen molar-refractivity contribution in [2.45, 2.75) is 12.8 Å². The van der Waals surface area contributed by atoms with Crippen LogP contribution in [0.4, 0.5) is 10.1 Å². The Kier molecular flexibility index (Phi) is 4.47. The zero-order chi connectivity index (χ0) is 13.0. The van der Waals surface area contributed by atoms with E-state index >= 15 is 0 Å². The van der Waals surface area contributed by atoms with Crippen LogP contribution in [0, 0.1) is 11.7 Å². The zero-order valence-electron chi connectivity index (χ0n) is 10.1. The molecule has 0 spiro atoms. The second-order valence-corrected chi connectivity index (χ2v) is 5.73. The predicted molar refractivity (Wildman–Crippen MR) is 73.2 cm³/mol. The number of carbonyl (C=O) groups excluding carboxylic acids is 1. The summed E-state index contributed by atoms with van der Waals surface area (Å²) in [6.07, 6.45) is 2.23. The van der Waals surface area contributed by atoms with Gasteiger partial charge in [-0.2, -0.15) is 11.8 Å². The molecule has 1 aliphatic heterocycles. The minimum Gasteiger partial charge on any atom is -0.399 e. The SMILES string of the molecule is Nc1ccc(F)c(C(=O)NCC2CCSCC2)c1. The fraction of sp³-hybridized carbons (Fsp3) is 0.462. The van der Waals surface area contributed by atoms with Crippen LogP contribution in [-0.2, 0) is 0 Å². The van der Waals surface area contributed by atoms with Crippen molar-refractivity contribution in [3.63, 3.8) is 0 Å². The van der Waals surface area contributed by atoms with Gasteiger partial charge in [-0.25, -0.2) is 4.39 Å². The van der Waals surface area contributed by atoms with Gasteiger partial charge < -0.3 is 11.1 Å². The highest BCUT2D eigenvalue weighted by Gasteiger charge is 2.16. The third-order valence-corrected chi connectivity index (χ3v) is 4.18. The molecule has 1 heterocycles. The molecule has 18 heavy (non-hydrogen) atoms. The van der Waals surface area contributed by atoms with Gasteiger partial charge in [0, 0.05) is 12.2 Å². The van der Waals surface area contributed by atoms with Crippen molar-refractivity contribution in [3.05, 3.63) is 29.6 Å². The van der Waals surface area contributed by atoms with Crippen molar-refractivity contribution in [3.8, 4) is 0 Å². The smallest absolute Gasteiger partial charge is 0.254 e. The summed E-state index contributed by atoms with van der Waals surface area (Å²) in [5, 5.41) is 2.79. The van der Waals surface area contributed by atoms with E-state index in [0.717, 1.165) is 24.3 Å². The normalized spacial score (nSPS) is 16.5. The Morgan fingerprint density at radius 3 is 2.89 bits per heavy atom. The van der Waals surface area contributed by atoms with E-state index in [0.29, 0.717) is 18.2 Å². The Hall–Kier alpha value is -1.23. The molecule has 98 valence electrons. The van der Waals surface area contributed by atoms with Gasteiger partial charge in [0.15, 0.2) is 0 Å². The van der Waals surface area contributed by atoms with Crippen LogP contribution >= 0.6 is 11.8 Å². The fourth-order valence-electron chi connectivity index (χ4n) is 2.00. The van der Waals surface area contributed by atoms with E-state index in [1.807, 2.05) is 11.8 Å². The molecule has 5 heteroatoms. The predicted octanol–water partition coefficient (Wildman–Crippen LogP) is 2.28. The molecule has 0 unspecified atom stereocenters. The molecule has 0 aliphatic carbocycles. The molecule has 0 aromatic heterocycles. The Labute approximate surface area is 110 Å². The first-order chi connectivity index (χ1) is 8.66. The number of nitrogens with one attached hydrogen (secondary N) is 1. The Bertz CT molecular complexity index is 433. The average molecular weight is 268 g/mol. The van der Waals surface area contributed by atoms with Gasteiger partial charge in [-0.1, -0.05) is 0 Å². The molecule has 0 saturated carbocycles. The lowest BCUT2D eigenvalue weighted by Gasteiger charge is -2.21. The van der Waals surface area contributed by atoms with Gasteiger partial charge in [0.05, 0.1) is 5.56 Å². The van der Waals surface area contributed by atoms with Crippen LogP contribution in [0.3, 0.4) is 0 Å². The molecule has 1 fully saturated rings. The summed E-state index contributed by atoms with van der Waals surface area (Å²) >= 11 is 1.94. The van der Waals surface area contributed by atoms with Crippen LogP contribution in [0.25, 0.3) is 0 Å². The maximum Gasteiger partial charge on any atom is 0.254 e. The van der Waals surface area contributed by atoms with Gasteiger partial charge in [-0.05, 0) is 48.5 Å². The largest absolute Gasteiger partial charge is 0.399 e. The van der Waals surface area contributed by atoms with Crippen molar-refractivity contribution in [2.75, 3.05) is 23.8 Å². The zero-order valence-corrected chi connectivity index (χ0v) is 10.9. The first-order valence-electron chi connectivity index (χ1n) is 6.08. The van der Waals surface area contributed by atoms with E-state index in [9.17, 15) is 9.18 Å². The quantitative estimate of drug-likeness (QED) is 0.827. The number of benzene rings is 1. The highest BCUT2D eigenvalue weighted by atomic mass is 32.2. The topological polar surface area (TPSA) is 55.1 Å². The molecule has 0 bridgehead atoms. The third-order valence-electron chi connectivity index (χ3n) is 3.13. The summed E-state index contributed by atoms with van der Waals surface area (Å²) in [5.74, 6) is 1.90. The molecule has 1 aliphatic rings. The number of nitrogen functional groups attached to an aromatic ring is 1. The average Bonchev–Trinajstić information content (AvgIpc) is 2.40. The van der Waals surface area contributed by atoms with Crippen LogP contribution < -0.4 is 11.1 Å². The van der Waals surface area contributed by atoms with Gasteiger partial charge >= 0.3 is 0 Å². The molecule has 3 N–H and O–H groups in total. The van der Waals surface area contributed by atoms with Crippen molar-refractivity contribution >= 4 is 23.4 Å². The molecule has 2 rings (SSSR count). The van der Waals surface area contributed by atoms with Crippen LogP contribution in [-0.4, -0.2) is 24.0 Å². The Morgan fingerprint density at radius 1 is 1.44 bits per heavy atom. The molecule has 1 amide bonds. The molecule has 1 saturated heterocycles. The number of nitrogens with two attached hydrogens (primary N) is 1. The minimum atomic E-state index is -0.527. The van der Waals surface area contributed by atoms with Crippen LogP contribution in [0.1, 0.15) is 23.2 Å². The summed E-state index contributed by atoms with van der Waals surface area (Å²) in [6.45, 7) is 0.619. The van der Waals surface area contributed by atoms with Gasteiger partial charge in [-0.3, -0.25) is 4.79 Å². The standard InChI is InChI=1S/C13H17FN2OS/c14-12-2-1-10(15)7-11(12)13(17)16-8-9-3-5-18-6-4-9/h1-2,7,9H,3-6,8,15H2,(H,16,17). The molecule has 0 radical (unpaired) electrons. The molecular formula is C13H17FN2OS. The Morgan fingerprint density at radius 2 is 2.17 bits per heavy atom. The van der Waals surface area contributed by atoms with Crippen molar-refractivity contribution < 1.29 is 9.18 Å². The fourth-order valence-corrected chi connectivity index (χ4v) is 3.20. The Balaban J connectivity index is 1.92. The first kappa shape index (κ1) is 13.2. The van der Waals surface area contributed by atoms with Crippen LogP contribution in [0.15, 0.2) is 18.2 Å². The van der Waals surface area contributed by atoms with Crippen molar-refractivity contribution in [2.24, 2.45) is 5.92 Å². The van der Waals surface area contributed by atoms with E-state index in [4.69, 9.17) is 5.73 Å². The number of carbonyl (C=O) groups is 1. The molecular weight excluding hydrogens is 251 g/mol. The molecule has 0 atom stereocenters. The summed E-state index contributed by atoms with van der Waals surface area (Å²) in [6, 6.07) is 4.05. The summed E-state index contributed by atoms with van der Waals surface area (Å²) in [5.41, 5.74) is 5.98. The molecule has 1 aromatic carbocycles. The number of amides is 1. The molecule has 3 nitrogen and oxygen atoms in total. The second kappa shape index (κ2) is 6.09. The number of rotatable bonds is 3. The summed E-state index contributed by atoms with van der Waals surface area (Å²) < 4.78 is 13.5. The summed E-state index contributed by atoms with van der Waals surface area (Å²) in [7, 11) is 0. The number of thioether (sulfide) groups is 1. The maximum absolute atomic E-state index is 13.5. The third kappa shape index (κ3) is 3.38. The van der Waals surface area contributed by atoms with Gasteiger partial charge in [0.2, 0.25) is 0 Å². The van der Waals surface area contributed by atoms with Crippen molar-refractivity contribution in [1.82, 2.24) is 5.32 Å². The van der Waals surface area contributed by atoms with Crippen LogP contribution in [0.5, 0.6) is 0 Å². The van der Waals surface area contributed by atoms with E-state index < -0.39 is 5.82 Å². The molecule has 1 aromatic rings. The number of hydrogen-bond donors (Lipinski definition) is 2. The van der Waals surface area contributed by atoms with E-state index in [1.165, 1.54) is 18.2 Å². The van der Waals surface area contributed by atoms with E-state index in [1.54, 1.807) is 0 Å². The van der Waals surface area contributed by atoms with Gasteiger partial charge in [-0.15, -0.1) is 0 Å².